The summed E-state index contributed by atoms with van der Waals surface area (Å²) in [6.45, 7) is 0.656. The second-order valence-electron chi connectivity index (χ2n) is 8.88. The predicted molar refractivity (Wildman–Crippen MR) is 101 cm³/mol. The van der Waals surface area contributed by atoms with Gasteiger partial charge in [-0.2, -0.15) is 13.2 Å². The predicted octanol–water partition coefficient (Wildman–Crippen LogP) is 3.15. The number of alkyl halides is 3. The number of likely N-dealkylation sites (tertiary alicyclic amines) is 1. The molecule has 1 N–H and O–H groups in total. The maximum atomic E-state index is 13.0. The Balaban J connectivity index is 1.29. The first-order chi connectivity index (χ1) is 14.6. The van der Waals surface area contributed by atoms with Gasteiger partial charge in [-0.1, -0.05) is 0 Å². The summed E-state index contributed by atoms with van der Waals surface area (Å²) in [5.41, 5.74) is 0.767. The second kappa shape index (κ2) is 6.80. The molecule has 31 heavy (non-hydrogen) atoms. The number of halogens is 3. The van der Waals surface area contributed by atoms with E-state index in [4.69, 9.17) is 4.42 Å². The number of aromatic nitrogens is 1. The maximum Gasteiger partial charge on any atom is 0.391 e. The Labute approximate surface area is 175 Å². The van der Waals surface area contributed by atoms with E-state index in [1.807, 2.05) is 0 Å². The molecular formula is C21H20F3N3O4. The van der Waals surface area contributed by atoms with Crippen molar-refractivity contribution in [3.05, 3.63) is 29.7 Å². The molecular weight excluding hydrogens is 415 g/mol. The second-order valence-corrected chi connectivity index (χ2v) is 8.88. The standard InChI is InChI=1S/C21H20F3N3O4/c22-21(23,24)12-5-6-20(8-12)9-27(10-20)19(30)11-1-3-14-15(7-11)31-18(25-14)13-2-4-16(28)26-17(13)29/h1,3,7,12-13H,2,4-6,8-10H2,(H,26,28,29). The molecule has 3 heterocycles. The molecule has 2 atom stereocenters. The first kappa shape index (κ1) is 20.0. The van der Waals surface area contributed by atoms with Crippen LogP contribution in [0.25, 0.3) is 11.1 Å². The smallest absolute Gasteiger partial charge is 0.391 e. The average molecular weight is 435 g/mol. The summed E-state index contributed by atoms with van der Waals surface area (Å²) in [7, 11) is 0. The Morgan fingerprint density at radius 2 is 2.00 bits per heavy atom. The van der Waals surface area contributed by atoms with Crippen molar-refractivity contribution in [1.82, 2.24) is 15.2 Å². The van der Waals surface area contributed by atoms with Crippen molar-refractivity contribution in [2.24, 2.45) is 11.3 Å². The van der Waals surface area contributed by atoms with E-state index in [9.17, 15) is 27.6 Å². The van der Waals surface area contributed by atoms with Crippen molar-refractivity contribution in [2.45, 2.75) is 44.2 Å². The summed E-state index contributed by atoms with van der Waals surface area (Å²) in [5, 5.41) is 2.26. The van der Waals surface area contributed by atoms with E-state index in [0.717, 1.165) is 0 Å². The lowest BCUT2D eigenvalue weighted by Gasteiger charge is -2.48. The molecule has 3 amide bonds. The number of rotatable bonds is 2. The van der Waals surface area contributed by atoms with E-state index >= 15 is 0 Å². The minimum atomic E-state index is -4.18. The van der Waals surface area contributed by atoms with Gasteiger partial charge in [0.1, 0.15) is 11.4 Å². The highest BCUT2D eigenvalue weighted by Crippen LogP contribution is 2.53. The van der Waals surface area contributed by atoms with Crippen LogP contribution < -0.4 is 5.32 Å². The quantitative estimate of drug-likeness (QED) is 0.732. The van der Waals surface area contributed by atoms with Gasteiger partial charge in [0.15, 0.2) is 5.58 Å². The van der Waals surface area contributed by atoms with Crippen molar-refractivity contribution < 1.29 is 32.0 Å². The Morgan fingerprint density at radius 1 is 1.23 bits per heavy atom. The lowest BCUT2D eigenvalue weighted by Crippen LogP contribution is -2.57. The highest BCUT2D eigenvalue weighted by Gasteiger charge is 2.55. The molecule has 2 aromatic rings. The zero-order valence-corrected chi connectivity index (χ0v) is 16.5. The van der Waals surface area contributed by atoms with Gasteiger partial charge in [-0.05, 0) is 43.9 Å². The molecule has 1 spiro atoms. The molecule has 2 unspecified atom stereocenters. The third-order valence-electron chi connectivity index (χ3n) is 6.69. The largest absolute Gasteiger partial charge is 0.440 e. The fourth-order valence-electron chi connectivity index (χ4n) is 5.02. The maximum absolute atomic E-state index is 13.0. The number of amides is 3. The van der Waals surface area contributed by atoms with Crippen molar-refractivity contribution in [1.29, 1.82) is 0 Å². The topological polar surface area (TPSA) is 92.5 Å². The normalized spacial score (nSPS) is 25.7. The molecule has 164 valence electrons. The number of piperidine rings is 1. The molecule has 10 heteroatoms. The third-order valence-corrected chi connectivity index (χ3v) is 6.69. The fraction of sp³-hybridized carbons (Fsp3) is 0.524. The van der Waals surface area contributed by atoms with E-state index in [1.165, 1.54) is 6.07 Å². The molecule has 0 bridgehead atoms. The average Bonchev–Trinajstić information content (AvgIpc) is 3.30. The molecule has 0 radical (unpaired) electrons. The molecule has 1 aromatic heterocycles. The minimum Gasteiger partial charge on any atom is -0.440 e. The summed E-state index contributed by atoms with van der Waals surface area (Å²) >= 11 is 0. The van der Waals surface area contributed by atoms with Gasteiger partial charge in [0.25, 0.3) is 5.91 Å². The van der Waals surface area contributed by atoms with Gasteiger partial charge in [0.05, 0.1) is 5.92 Å². The lowest BCUT2D eigenvalue weighted by molar-refractivity contribution is -0.176. The fourth-order valence-corrected chi connectivity index (χ4v) is 5.02. The van der Waals surface area contributed by atoms with E-state index in [1.54, 1.807) is 17.0 Å². The van der Waals surface area contributed by atoms with Gasteiger partial charge in [-0.15, -0.1) is 0 Å². The van der Waals surface area contributed by atoms with E-state index in [0.29, 0.717) is 42.6 Å². The number of hydrogen-bond acceptors (Lipinski definition) is 5. The number of carbonyl (C=O) groups is 3. The summed E-state index contributed by atoms with van der Waals surface area (Å²) in [4.78, 5) is 42.1. The number of carbonyl (C=O) groups excluding carboxylic acids is 3. The van der Waals surface area contributed by atoms with Crippen LogP contribution in [0.5, 0.6) is 0 Å². The summed E-state index contributed by atoms with van der Waals surface area (Å²) in [6.07, 6.45) is -2.98. The van der Waals surface area contributed by atoms with Crippen LogP contribution in [0.1, 0.15) is 54.3 Å². The molecule has 5 rings (SSSR count). The van der Waals surface area contributed by atoms with Gasteiger partial charge in [-0.25, -0.2) is 4.98 Å². The Morgan fingerprint density at radius 3 is 2.68 bits per heavy atom. The molecule has 1 aromatic carbocycles. The van der Waals surface area contributed by atoms with Crippen molar-refractivity contribution in [3.63, 3.8) is 0 Å². The van der Waals surface area contributed by atoms with Gasteiger partial charge in [-0.3, -0.25) is 19.7 Å². The number of imide groups is 1. The van der Waals surface area contributed by atoms with Crippen LogP contribution in [0.3, 0.4) is 0 Å². The zero-order chi connectivity index (χ0) is 22.0. The highest BCUT2D eigenvalue weighted by atomic mass is 19.4. The van der Waals surface area contributed by atoms with Crippen LogP contribution >= 0.6 is 0 Å². The van der Waals surface area contributed by atoms with Gasteiger partial charge >= 0.3 is 6.18 Å². The highest BCUT2D eigenvalue weighted by molar-refractivity contribution is 6.01. The third kappa shape index (κ3) is 3.47. The summed E-state index contributed by atoms with van der Waals surface area (Å²) in [5.74, 6) is -2.80. The van der Waals surface area contributed by atoms with Gasteiger partial charge in [0.2, 0.25) is 17.7 Å². The molecule has 7 nitrogen and oxygen atoms in total. The van der Waals surface area contributed by atoms with Crippen LogP contribution in [0.15, 0.2) is 22.6 Å². The number of hydrogen-bond donors (Lipinski definition) is 1. The monoisotopic (exact) mass is 435 g/mol. The lowest BCUT2D eigenvalue weighted by atomic mass is 9.77. The van der Waals surface area contributed by atoms with Crippen LogP contribution in [0.2, 0.25) is 0 Å². The van der Waals surface area contributed by atoms with Crippen molar-refractivity contribution >= 4 is 28.8 Å². The van der Waals surface area contributed by atoms with Crippen molar-refractivity contribution in [3.8, 4) is 0 Å². The van der Waals surface area contributed by atoms with Crippen LogP contribution in [-0.2, 0) is 9.59 Å². The van der Waals surface area contributed by atoms with Crippen LogP contribution in [0.4, 0.5) is 13.2 Å². The number of nitrogens with one attached hydrogen (secondary N) is 1. The first-order valence-corrected chi connectivity index (χ1v) is 10.2. The molecule has 2 saturated heterocycles. The summed E-state index contributed by atoms with van der Waals surface area (Å²) < 4.78 is 44.6. The van der Waals surface area contributed by atoms with E-state index in [2.05, 4.69) is 10.3 Å². The Hall–Kier alpha value is -2.91. The zero-order valence-electron chi connectivity index (χ0n) is 16.5. The van der Waals surface area contributed by atoms with Gasteiger partial charge < -0.3 is 9.32 Å². The molecule has 2 aliphatic heterocycles. The Kier molecular flexibility index (Phi) is 4.39. The first-order valence-electron chi connectivity index (χ1n) is 10.2. The minimum absolute atomic E-state index is 0.0801. The number of fused-ring (bicyclic) bond motifs is 1. The number of benzene rings is 1. The Bertz CT molecular complexity index is 1090. The van der Waals surface area contributed by atoms with E-state index < -0.39 is 29.3 Å². The molecule has 1 aliphatic carbocycles. The molecule has 3 aliphatic rings. The number of nitrogens with zero attached hydrogens (tertiary/aromatic N) is 2. The van der Waals surface area contributed by atoms with Crippen LogP contribution in [0, 0.1) is 11.3 Å². The summed E-state index contributed by atoms with van der Waals surface area (Å²) in [6, 6.07) is 4.75. The van der Waals surface area contributed by atoms with E-state index in [-0.39, 0.29) is 37.0 Å². The van der Waals surface area contributed by atoms with Crippen LogP contribution in [-0.4, -0.2) is 46.9 Å². The number of oxazole rings is 1. The van der Waals surface area contributed by atoms with Gasteiger partial charge in [0, 0.05) is 30.5 Å². The molecule has 3 fully saturated rings. The molecule has 1 saturated carbocycles. The SMILES string of the molecule is O=C1CCC(c2nc3ccc(C(=O)N4CC5(CCC(C(F)(F)F)C5)C4)cc3o2)C(=O)N1. The van der Waals surface area contributed by atoms with Crippen molar-refractivity contribution in [2.75, 3.05) is 13.1 Å².